The Kier molecular flexibility index (Phi) is 6.51. The summed E-state index contributed by atoms with van der Waals surface area (Å²) < 4.78 is 6.22. The Morgan fingerprint density at radius 2 is 2.06 bits per heavy atom. The molecule has 0 atom stereocenters. The van der Waals surface area contributed by atoms with Crippen molar-refractivity contribution in [1.82, 2.24) is 4.98 Å². The summed E-state index contributed by atoms with van der Waals surface area (Å²) in [5.41, 5.74) is -0.00333. The fourth-order valence-corrected chi connectivity index (χ4v) is 2.23. The van der Waals surface area contributed by atoms with Crippen molar-refractivity contribution in [3.8, 4) is 5.88 Å². The lowest BCUT2D eigenvalue weighted by Gasteiger charge is -2.25. The molecule has 0 saturated carbocycles. The number of aromatic nitrogens is 1. The van der Waals surface area contributed by atoms with E-state index in [4.69, 9.17) is 4.74 Å². The van der Waals surface area contributed by atoms with Crippen LogP contribution in [0.25, 0.3) is 0 Å². The Balaban J connectivity index is 2.64. The van der Waals surface area contributed by atoms with E-state index >= 15 is 0 Å². The van der Waals surface area contributed by atoms with Gasteiger partial charge >= 0.3 is 0 Å². The minimum Gasteiger partial charge on any atom is -0.628 e. The van der Waals surface area contributed by atoms with Crippen molar-refractivity contribution < 1.29 is 9.96 Å². The Morgan fingerprint density at radius 1 is 1.39 bits per heavy atom. The van der Waals surface area contributed by atoms with Crippen LogP contribution >= 0.6 is 31.9 Å². The number of quaternary nitrogens is 1. The number of halogens is 2. The average molecular weight is 383 g/mol. The molecule has 0 amide bonds. The summed E-state index contributed by atoms with van der Waals surface area (Å²) in [6.07, 6.45) is 2.02. The first kappa shape index (κ1) is 15.8. The molecule has 0 aliphatic heterocycles. The number of rotatable bonds is 6. The van der Waals surface area contributed by atoms with Crippen LogP contribution in [0.3, 0.4) is 0 Å². The normalized spacial score (nSPS) is 11.3. The molecule has 0 aliphatic carbocycles. The lowest BCUT2D eigenvalue weighted by atomic mass is 10.1. The SMILES string of the molecule is CC(C)CCCOc1nc(Br)c([NH+]([O-])[O-])cc1Br. The molecule has 1 rings (SSSR count). The van der Waals surface area contributed by atoms with Crippen LogP contribution in [0.15, 0.2) is 15.1 Å². The predicted octanol–water partition coefficient (Wildman–Crippen LogP) is 2.93. The maximum absolute atomic E-state index is 10.8. The molecule has 0 bridgehead atoms. The van der Waals surface area contributed by atoms with E-state index in [-0.39, 0.29) is 10.3 Å². The van der Waals surface area contributed by atoms with Crippen LogP contribution in [-0.2, 0) is 0 Å². The first-order valence-corrected chi connectivity index (χ1v) is 7.20. The van der Waals surface area contributed by atoms with Gasteiger partial charge in [0.15, 0.2) is 10.3 Å². The van der Waals surface area contributed by atoms with Crippen LogP contribution in [0.2, 0.25) is 0 Å². The molecule has 0 unspecified atom stereocenters. The minimum absolute atomic E-state index is 0.00333. The Hall–Kier alpha value is -0.210. The first-order chi connectivity index (χ1) is 8.41. The van der Waals surface area contributed by atoms with E-state index in [0.717, 1.165) is 12.8 Å². The number of hydrogen-bond donors (Lipinski definition) is 1. The third kappa shape index (κ3) is 4.81. The largest absolute Gasteiger partial charge is 0.628 e. The standard InChI is InChI=1S/C11H15Br2N2O3/c1-7(2)4-3-5-18-11-8(12)6-9(15(16)17)10(13)14-11/h6-7,15H,3-5H2,1-2H3/q-1. The van der Waals surface area contributed by atoms with Crippen molar-refractivity contribution in [2.45, 2.75) is 26.7 Å². The van der Waals surface area contributed by atoms with Crippen LogP contribution < -0.4 is 9.96 Å². The number of ether oxygens (including phenoxy) is 1. The van der Waals surface area contributed by atoms with Gasteiger partial charge in [-0.05, 0) is 50.6 Å². The van der Waals surface area contributed by atoms with Gasteiger partial charge in [0.2, 0.25) is 5.88 Å². The Labute approximate surface area is 123 Å². The van der Waals surface area contributed by atoms with Gasteiger partial charge in [0, 0.05) is 6.07 Å². The van der Waals surface area contributed by atoms with Crippen LogP contribution in [0, 0.1) is 16.3 Å². The van der Waals surface area contributed by atoms with Crippen molar-refractivity contribution in [2.24, 2.45) is 5.92 Å². The monoisotopic (exact) mass is 381 g/mol. The van der Waals surface area contributed by atoms with Crippen molar-refractivity contribution in [3.05, 3.63) is 25.6 Å². The predicted molar refractivity (Wildman–Crippen MR) is 76.6 cm³/mol. The zero-order valence-corrected chi connectivity index (χ0v) is 13.4. The maximum atomic E-state index is 10.8. The van der Waals surface area contributed by atoms with E-state index in [9.17, 15) is 10.4 Å². The molecule has 7 heteroatoms. The molecule has 5 nitrogen and oxygen atoms in total. The van der Waals surface area contributed by atoms with Crippen molar-refractivity contribution in [1.29, 1.82) is 0 Å². The molecule has 1 aromatic rings. The summed E-state index contributed by atoms with van der Waals surface area (Å²) in [7, 11) is 0. The van der Waals surface area contributed by atoms with Crippen molar-refractivity contribution in [2.75, 3.05) is 6.61 Å². The van der Waals surface area contributed by atoms with Crippen molar-refractivity contribution in [3.63, 3.8) is 0 Å². The second kappa shape index (κ2) is 7.40. The second-order valence-corrected chi connectivity index (χ2v) is 5.89. The van der Waals surface area contributed by atoms with E-state index in [2.05, 4.69) is 50.7 Å². The third-order valence-electron chi connectivity index (χ3n) is 2.28. The van der Waals surface area contributed by atoms with Crippen molar-refractivity contribution >= 4 is 37.5 Å². The van der Waals surface area contributed by atoms with Gasteiger partial charge in [0.05, 0.1) is 11.1 Å². The zero-order chi connectivity index (χ0) is 13.7. The van der Waals surface area contributed by atoms with E-state index in [1.807, 2.05) is 0 Å². The van der Waals surface area contributed by atoms with Gasteiger partial charge in [0.1, 0.15) is 0 Å². The van der Waals surface area contributed by atoms with Gasteiger partial charge in [-0.15, -0.1) is 0 Å². The maximum Gasteiger partial charge on any atom is 0.229 e. The highest BCUT2D eigenvalue weighted by atomic mass is 79.9. The highest BCUT2D eigenvalue weighted by Gasteiger charge is 2.12. The van der Waals surface area contributed by atoms with Gasteiger partial charge in [-0.3, -0.25) is 0 Å². The summed E-state index contributed by atoms with van der Waals surface area (Å²) in [5.74, 6) is 1.02. The molecule has 18 heavy (non-hydrogen) atoms. The molecule has 0 saturated heterocycles. The third-order valence-corrected chi connectivity index (χ3v) is 3.45. The van der Waals surface area contributed by atoms with Gasteiger partial charge < -0.3 is 20.4 Å². The molecule has 1 aromatic heterocycles. The van der Waals surface area contributed by atoms with E-state index in [1.54, 1.807) is 0 Å². The molecule has 0 aliphatic rings. The minimum atomic E-state index is -1.28. The summed E-state index contributed by atoms with van der Waals surface area (Å²) >= 11 is 6.31. The zero-order valence-electron chi connectivity index (χ0n) is 10.2. The number of nitrogens with one attached hydrogen (secondary N) is 1. The van der Waals surface area contributed by atoms with E-state index in [0.29, 0.717) is 22.9 Å². The fourth-order valence-electron chi connectivity index (χ4n) is 1.36. The Bertz CT molecular complexity index is 400. The molecular formula is C11H15Br2N2O3-. The van der Waals surface area contributed by atoms with Gasteiger partial charge in [-0.1, -0.05) is 13.8 Å². The molecule has 0 fully saturated rings. The molecule has 102 valence electrons. The first-order valence-electron chi connectivity index (χ1n) is 5.62. The Morgan fingerprint density at radius 3 is 2.61 bits per heavy atom. The molecule has 0 radical (unpaired) electrons. The summed E-state index contributed by atoms with van der Waals surface area (Å²) in [5, 5.41) is 20.3. The quantitative estimate of drug-likeness (QED) is 0.466. The average Bonchev–Trinajstić information content (AvgIpc) is 2.27. The topological polar surface area (TPSA) is 72.7 Å². The molecule has 0 spiro atoms. The van der Waals surface area contributed by atoms with E-state index < -0.39 is 5.23 Å². The molecule has 1 N–H and O–H groups in total. The second-order valence-electron chi connectivity index (χ2n) is 4.29. The molecular weight excluding hydrogens is 368 g/mol. The summed E-state index contributed by atoms with van der Waals surface area (Å²) in [6.45, 7) is 4.86. The van der Waals surface area contributed by atoms with Crippen LogP contribution in [0.5, 0.6) is 5.88 Å². The number of nitrogens with zero attached hydrogens (tertiary/aromatic N) is 1. The van der Waals surface area contributed by atoms with Crippen LogP contribution in [-0.4, -0.2) is 11.6 Å². The summed E-state index contributed by atoms with van der Waals surface area (Å²) in [6, 6.07) is 1.42. The van der Waals surface area contributed by atoms with Crippen LogP contribution in [0.4, 0.5) is 5.69 Å². The lowest BCUT2D eigenvalue weighted by molar-refractivity contribution is -0.716. The number of hydrogen-bond acceptors (Lipinski definition) is 4. The molecule has 0 aromatic carbocycles. The smallest absolute Gasteiger partial charge is 0.229 e. The van der Waals surface area contributed by atoms with E-state index in [1.165, 1.54) is 6.07 Å². The van der Waals surface area contributed by atoms with Gasteiger partial charge in [-0.25, -0.2) is 0 Å². The molecule has 1 heterocycles. The van der Waals surface area contributed by atoms with Gasteiger partial charge in [-0.2, -0.15) is 4.98 Å². The van der Waals surface area contributed by atoms with Gasteiger partial charge in [0.25, 0.3) is 0 Å². The fraction of sp³-hybridized carbons (Fsp3) is 0.545. The van der Waals surface area contributed by atoms with Crippen LogP contribution in [0.1, 0.15) is 26.7 Å². The highest BCUT2D eigenvalue weighted by molar-refractivity contribution is 9.11. The summed E-state index contributed by atoms with van der Waals surface area (Å²) in [4.78, 5) is 4.04. The number of pyridine rings is 1. The lowest BCUT2D eigenvalue weighted by Crippen LogP contribution is -2.96. The highest BCUT2D eigenvalue weighted by Crippen LogP contribution is 2.29.